The molecule has 0 saturated carbocycles. The zero-order chi connectivity index (χ0) is 13.1. The SMILES string of the molecule is COC(=O)C1CCCN1c1ccc([N+](=O)[O-])nc1. The summed E-state index contributed by atoms with van der Waals surface area (Å²) in [6.07, 6.45) is 3.03. The standard InChI is InChI=1S/C11H13N3O4/c1-18-11(15)9-3-2-6-13(9)8-4-5-10(12-7-8)14(16)17/h4-5,7,9H,2-3,6H2,1H3. The van der Waals surface area contributed by atoms with Gasteiger partial charge in [0, 0.05) is 12.6 Å². The van der Waals surface area contributed by atoms with Gasteiger partial charge >= 0.3 is 11.8 Å². The lowest BCUT2D eigenvalue weighted by atomic mass is 10.2. The van der Waals surface area contributed by atoms with Crippen molar-refractivity contribution in [3.63, 3.8) is 0 Å². The molecule has 0 radical (unpaired) electrons. The van der Waals surface area contributed by atoms with Gasteiger partial charge in [-0.2, -0.15) is 0 Å². The van der Waals surface area contributed by atoms with Crippen LogP contribution in [0.1, 0.15) is 12.8 Å². The van der Waals surface area contributed by atoms with Crippen LogP contribution in [0.15, 0.2) is 18.3 Å². The van der Waals surface area contributed by atoms with Crippen LogP contribution in [0, 0.1) is 10.1 Å². The summed E-state index contributed by atoms with van der Waals surface area (Å²) in [5, 5.41) is 10.5. The molecule has 1 aromatic rings. The van der Waals surface area contributed by atoms with Crippen molar-refractivity contribution in [2.24, 2.45) is 0 Å². The highest BCUT2D eigenvalue weighted by Gasteiger charge is 2.32. The molecule has 1 aliphatic rings. The molecule has 7 nitrogen and oxygen atoms in total. The van der Waals surface area contributed by atoms with Gasteiger partial charge in [-0.3, -0.25) is 0 Å². The summed E-state index contributed by atoms with van der Waals surface area (Å²) in [4.78, 5) is 27.2. The Morgan fingerprint density at radius 2 is 2.39 bits per heavy atom. The normalized spacial score (nSPS) is 18.7. The number of hydrogen-bond acceptors (Lipinski definition) is 6. The number of rotatable bonds is 3. The number of methoxy groups -OCH3 is 1. The van der Waals surface area contributed by atoms with Crippen LogP contribution in [0.4, 0.5) is 11.5 Å². The summed E-state index contributed by atoms with van der Waals surface area (Å²) >= 11 is 0. The first-order valence-corrected chi connectivity index (χ1v) is 5.58. The van der Waals surface area contributed by atoms with Crippen LogP contribution >= 0.6 is 0 Å². The third kappa shape index (κ3) is 2.24. The van der Waals surface area contributed by atoms with Gasteiger partial charge < -0.3 is 19.8 Å². The van der Waals surface area contributed by atoms with Gasteiger partial charge in [-0.15, -0.1) is 0 Å². The molecule has 2 heterocycles. The van der Waals surface area contributed by atoms with E-state index in [1.807, 2.05) is 4.90 Å². The highest BCUT2D eigenvalue weighted by molar-refractivity contribution is 5.80. The Bertz CT molecular complexity index is 460. The molecule has 18 heavy (non-hydrogen) atoms. The quantitative estimate of drug-likeness (QED) is 0.455. The molecular formula is C11H13N3O4. The second kappa shape index (κ2) is 4.99. The molecule has 0 bridgehead atoms. The second-order valence-electron chi connectivity index (χ2n) is 4.01. The number of hydrogen-bond donors (Lipinski definition) is 0. The molecule has 0 N–H and O–H groups in total. The first-order chi connectivity index (χ1) is 8.63. The zero-order valence-electron chi connectivity index (χ0n) is 9.91. The maximum atomic E-state index is 11.6. The summed E-state index contributed by atoms with van der Waals surface area (Å²) in [7, 11) is 1.35. The highest BCUT2D eigenvalue weighted by atomic mass is 16.6. The molecule has 96 valence electrons. The number of nitrogens with zero attached hydrogens (tertiary/aromatic N) is 3. The molecule has 0 spiro atoms. The van der Waals surface area contributed by atoms with Crippen LogP contribution in [0.5, 0.6) is 0 Å². The number of aromatic nitrogens is 1. The van der Waals surface area contributed by atoms with Gasteiger partial charge in [0.1, 0.15) is 6.04 Å². The number of carbonyl (C=O) groups excluding carboxylic acids is 1. The number of esters is 1. The lowest BCUT2D eigenvalue weighted by Gasteiger charge is -2.23. The van der Waals surface area contributed by atoms with Gasteiger partial charge in [-0.1, -0.05) is 0 Å². The molecule has 7 heteroatoms. The average molecular weight is 251 g/mol. The van der Waals surface area contributed by atoms with E-state index in [0.29, 0.717) is 5.69 Å². The summed E-state index contributed by atoms with van der Waals surface area (Å²) in [6.45, 7) is 0.721. The summed E-state index contributed by atoms with van der Waals surface area (Å²) < 4.78 is 4.74. The lowest BCUT2D eigenvalue weighted by Crippen LogP contribution is -2.36. The minimum Gasteiger partial charge on any atom is -0.467 e. The Morgan fingerprint density at radius 1 is 1.61 bits per heavy atom. The van der Waals surface area contributed by atoms with E-state index in [-0.39, 0.29) is 17.8 Å². The molecule has 1 aromatic heterocycles. The molecule has 1 fully saturated rings. The molecule has 2 rings (SSSR count). The van der Waals surface area contributed by atoms with Crippen molar-refractivity contribution < 1.29 is 14.5 Å². The van der Waals surface area contributed by atoms with Crippen LogP contribution < -0.4 is 4.90 Å². The number of carbonyl (C=O) groups is 1. The van der Waals surface area contributed by atoms with Crippen LogP contribution in [0.2, 0.25) is 0 Å². The summed E-state index contributed by atoms with van der Waals surface area (Å²) in [6, 6.07) is 2.62. The highest BCUT2D eigenvalue weighted by Crippen LogP contribution is 2.26. The summed E-state index contributed by atoms with van der Waals surface area (Å²) in [5.74, 6) is -0.488. The third-order valence-corrected chi connectivity index (χ3v) is 2.98. The number of pyridine rings is 1. The lowest BCUT2D eigenvalue weighted by molar-refractivity contribution is -0.389. The topological polar surface area (TPSA) is 85.6 Å². The van der Waals surface area contributed by atoms with E-state index >= 15 is 0 Å². The number of anilines is 1. The Labute approximate surface area is 104 Å². The molecule has 0 amide bonds. The average Bonchev–Trinajstić information content (AvgIpc) is 2.87. The van der Waals surface area contributed by atoms with Crippen molar-refractivity contribution in [1.29, 1.82) is 0 Å². The Morgan fingerprint density at radius 3 is 2.94 bits per heavy atom. The van der Waals surface area contributed by atoms with Gasteiger partial charge in [0.15, 0.2) is 6.20 Å². The summed E-state index contributed by atoms with van der Waals surface area (Å²) in [5.41, 5.74) is 0.702. The maximum Gasteiger partial charge on any atom is 0.363 e. The smallest absolute Gasteiger partial charge is 0.363 e. The minimum absolute atomic E-state index is 0.201. The Balaban J connectivity index is 2.20. The van der Waals surface area contributed by atoms with E-state index in [0.717, 1.165) is 19.4 Å². The van der Waals surface area contributed by atoms with Crippen LogP contribution in [0.3, 0.4) is 0 Å². The van der Waals surface area contributed by atoms with E-state index in [2.05, 4.69) is 4.98 Å². The van der Waals surface area contributed by atoms with Crippen molar-refractivity contribution in [1.82, 2.24) is 4.98 Å². The maximum absolute atomic E-state index is 11.6. The van der Waals surface area contributed by atoms with Gasteiger partial charge in [0.25, 0.3) is 0 Å². The van der Waals surface area contributed by atoms with Gasteiger partial charge in [-0.25, -0.2) is 4.79 Å². The molecular weight excluding hydrogens is 238 g/mol. The van der Waals surface area contributed by atoms with E-state index in [4.69, 9.17) is 4.74 Å². The third-order valence-electron chi connectivity index (χ3n) is 2.98. The van der Waals surface area contributed by atoms with Gasteiger partial charge in [0.05, 0.1) is 12.8 Å². The first kappa shape index (κ1) is 12.3. The fourth-order valence-corrected chi connectivity index (χ4v) is 2.11. The number of ether oxygens (including phenoxy) is 1. The molecule has 0 aromatic carbocycles. The molecule has 1 aliphatic heterocycles. The Kier molecular flexibility index (Phi) is 3.40. The van der Waals surface area contributed by atoms with Crippen LogP contribution in [0.25, 0.3) is 0 Å². The zero-order valence-corrected chi connectivity index (χ0v) is 9.91. The predicted molar refractivity (Wildman–Crippen MR) is 63.3 cm³/mol. The van der Waals surface area contributed by atoms with Crippen LogP contribution in [-0.4, -0.2) is 35.6 Å². The van der Waals surface area contributed by atoms with E-state index < -0.39 is 4.92 Å². The van der Waals surface area contributed by atoms with Crippen molar-refractivity contribution >= 4 is 17.5 Å². The van der Waals surface area contributed by atoms with E-state index in [1.54, 1.807) is 6.07 Å². The fourth-order valence-electron chi connectivity index (χ4n) is 2.11. The van der Waals surface area contributed by atoms with E-state index in [1.165, 1.54) is 19.4 Å². The molecule has 0 aliphatic carbocycles. The Hall–Kier alpha value is -2.18. The molecule has 1 unspecified atom stereocenters. The largest absolute Gasteiger partial charge is 0.467 e. The fraction of sp³-hybridized carbons (Fsp3) is 0.455. The van der Waals surface area contributed by atoms with Gasteiger partial charge in [-0.05, 0) is 28.8 Å². The predicted octanol–water partition coefficient (Wildman–Crippen LogP) is 1.13. The van der Waals surface area contributed by atoms with Gasteiger partial charge in [0.2, 0.25) is 0 Å². The van der Waals surface area contributed by atoms with Crippen molar-refractivity contribution in [3.8, 4) is 0 Å². The van der Waals surface area contributed by atoms with E-state index in [9.17, 15) is 14.9 Å². The van der Waals surface area contributed by atoms with Crippen molar-refractivity contribution in [2.75, 3.05) is 18.6 Å². The number of nitro groups is 1. The molecule has 1 saturated heterocycles. The molecule has 1 atom stereocenters. The second-order valence-corrected chi connectivity index (χ2v) is 4.01. The van der Waals surface area contributed by atoms with Crippen molar-refractivity contribution in [2.45, 2.75) is 18.9 Å². The van der Waals surface area contributed by atoms with Crippen molar-refractivity contribution in [3.05, 3.63) is 28.4 Å². The first-order valence-electron chi connectivity index (χ1n) is 5.58. The minimum atomic E-state index is -0.550. The monoisotopic (exact) mass is 251 g/mol. The van der Waals surface area contributed by atoms with Crippen LogP contribution in [-0.2, 0) is 9.53 Å².